The standard InChI is InChI=1S/C15H20N4O/c1-4-18(11(2)3)15(20)13-9-10-19(17-13)14-8-6-5-7-12(14)16/h5-11H,4,16H2,1-3H3. The summed E-state index contributed by atoms with van der Waals surface area (Å²) >= 11 is 0. The summed E-state index contributed by atoms with van der Waals surface area (Å²) in [7, 11) is 0. The fraction of sp³-hybridized carbons (Fsp3) is 0.333. The molecule has 0 unspecified atom stereocenters. The number of benzene rings is 1. The van der Waals surface area contributed by atoms with Crippen molar-refractivity contribution < 1.29 is 4.79 Å². The van der Waals surface area contributed by atoms with Crippen LogP contribution >= 0.6 is 0 Å². The van der Waals surface area contributed by atoms with Gasteiger partial charge >= 0.3 is 0 Å². The van der Waals surface area contributed by atoms with Gasteiger partial charge in [0.15, 0.2) is 5.69 Å². The van der Waals surface area contributed by atoms with Crippen molar-refractivity contribution in [3.63, 3.8) is 0 Å². The van der Waals surface area contributed by atoms with Gasteiger partial charge < -0.3 is 10.6 Å². The summed E-state index contributed by atoms with van der Waals surface area (Å²) in [6.07, 6.45) is 1.76. The molecule has 0 spiro atoms. The summed E-state index contributed by atoms with van der Waals surface area (Å²) in [6, 6.07) is 9.31. The van der Waals surface area contributed by atoms with Crippen molar-refractivity contribution in [1.82, 2.24) is 14.7 Å². The highest BCUT2D eigenvalue weighted by Gasteiger charge is 2.19. The second kappa shape index (κ2) is 5.77. The molecule has 0 atom stereocenters. The number of nitrogen functional groups attached to an aromatic ring is 1. The Balaban J connectivity index is 2.30. The van der Waals surface area contributed by atoms with Crippen molar-refractivity contribution in [3.05, 3.63) is 42.2 Å². The van der Waals surface area contributed by atoms with E-state index in [1.807, 2.05) is 45.0 Å². The fourth-order valence-corrected chi connectivity index (χ4v) is 2.16. The van der Waals surface area contributed by atoms with Crippen LogP contribution in [0.3, 0.4) is 0 Å². The molecule has 0 fully saturated rings. The molecule has 0 aliphatic rings. The number of amides is 1. The highest BCUT2D eigenvalue weighted by Crippen LogP contribution is 2.16. The number of hydrogen-bond acceptors (Lipinski definition) is 3. The summed E-state index contributed by atoms with van der Waals surface area (Å²) in [4.78, 5) is 14.1. The fourth-order valence-electron chi connectivity index (χ4n) is 2.16. The van der Waals surface area contributed by atoms with Gasteiger partial charge in [-0.25, -0.2) is 4.68 Å². The number of para-hydroxylation sites is 2. The van der Waals surface area contributed by atoms with Gasteiger partial charge in [0.25, 0.3) is 5.91 Å². The summed E-state index contributed by atoms with van der Waals surface area (Å²) in [5.74, 6) is -0.0595. The summed E-state index contributed by atoms with van der Waals surface area (Å²) in [5, 5.41) is 4.34. The van der Waals surface area contributed by atoms with Crippen molar-refractivity contribution in [3.8, 4) is 5.69 Å². The van der Waals surface area contributed by atoms with E-state index in [1.165, 1.54) is 0 Å². The average molecular weight is 272 g/mol. The van der Waals surface area contributed by atoms with Gasteiger partial charge in [-0.2, -0.15) is 5.10 Å². The quantitative estimate of drug-likeness (QED) is 0.869. The Bertz CT molecular complexity index is 603. The van der Waals surface area contributed by atoms with E-state index < -0.39 is 0 Å². The molecule has 2 N–H and O–H groups in total. The Morgan fingerprint density at radius 1 is 1.35 bits per heavy atom. The van der Waals surface area contributed by atoms with Gasteiger partial charge in [-0.15, -0.1) is 0 Å². The maximum Gasteiger partial charge on any atom is 0.274 e. The topological polar surface area (TPSA) is 64.2 Å². The summed E-state index contributed by atoms with van der Waals surface area (Å²) < 4.78 is 1.64. The molecule has 106 valence electrons. The van der Waals surface area contributed by atoms with Gasteiger partial charge in [0.1, 0.15) is 0 Å². The van der Waals surface area contributed by atoms with E-state index in [9.17, 15) is 4.79 Å². The molecule has 0 saturated carbocycles. The molecule has 5 heteroatoms. The van der Waals surface area contributed by atoms with Crippen molar-refractivity contribution in [2.24, 2.45) is 0 Å². The van der Waals surface area contributed by atoms with Crippen molar-refractivity contribution >= 4 is 11.6 Å². The Kier molecular flexibility index (Phi) is 4.08. The van der Waals surface area contributed by atoms with Gasteiger partial charge in [0, 0.05) is 18.8 Å². The second-order valence-electron chi connectivity index (χ2n) is 4.89. The van der Waals surface area contributed by atoms with Crippen LogP contribution in [-0.2, 0) is 0 Å². The number of nitrogens with two attached hydrogens (primary N) is 1. The van der Waals surface area contributed by atoms with E-state index in [4.69, 9.17) is 5.73 Å². The maximum atomic E-state index is 12.4. The first-order valence-electron chi connectivity index (χ1n) is 6.76. The third-order valence-electron chi connectivity index (χ3n) is 3.22. The summed E-state index contributed by atoms with van der Waals surface area (Å²) in [6.45, 7) is 6.61. The predicted molar refractivity (Wildman–Crippen MR) is 79.8 cm³/mol. The molecular formula is C15H20N4O. The Morgan fingerprint density at radius 2 is 2.05 bits per heavy atom. The molecule has 1 amide bonds. The van der Waals surface area contributed by atoms with Crippen LogP contribution in [0.15, 0.2) is 36.5 Å². The first-order chi connectivity index (χ1) is 9.54. The number of nitrogens with zero attached hydrogens (tertiary/aromatic N) is 3. The van der Waals surface area contributed by atoms with Crippen LogP contribution in [0.25, 0.3) is 5.69 Å². The highest BCUT2D eigenvalue weighted by molar-refractivity contribution is 5.92. The number of hydrogen-bond donors (Lipinski definition) is 1. The minimum Gasteiger partial charge on any atom is -0.397 e. The molecule has 20 heavy (non-hydrogen) atoms. The lowest BCUT2D eigenvalue weighted by Crippen LogP contribution is -2.36. The SMILES string of the molecule is CCN(C(=O)c1ccn(-c2ccccc2N)n1)C(C)C. The Labute approximate surface area is 119 Å². The van der Waals surface area contributed by atoms with Gasteiger partial charge in [0.2, 0.25) is 0 Å². The Hall–Kier alpha value is -2.30. The van der Waals surface area contributed by atoms with Gasteiger partial charge in [-0.05, 0) is 39.0 Å². The van der Waals surface area contributed by atoms with E-state index >= 15 is 0 Å². The lowest BCUT2D eigenvalue weighted by atomic mass is 10.3. The molecule has 0 radical (unpaired) electrons. The van der Waals surface area contributed by atoms with Crippen LogP contribution in [0.5, 0.6) is 0 Å². The molecule has 0 aliphatic heterocycles. The normalized spacial score (nSPS) is 10.8. The smallest absolute Gasteiger partial charge is 0.274 e. The predicted octanol–water partition coefficient (Wildman–Crippen LogP) is 2.33. The van der Waals surface area contributed by atoms with Crippen LogP contribution < -0.4 is 5.73 Å². The monoisotopic (exact) mass is 272 g/mol. The molecule has 2 aromatic rings. The van der Waals surface area contributed by atoms with Crippen molar-refractivity contribution in [1.29, 1.82) is 0 Å². The zero-order valence-electron chi connectivity index (χ0n) is 12.1. The van der Waals surface area contributed by atoms with Crippen LogP contribution in [0.1, 0.15) is 31.3 Å². The van der Waals surface area contributed by atoms with Crippen molar-refractivity contribution in [2.75, 3.05) is 12.3 Å². The van der Waals surface area contributed by atoms with E-state index in [0.717, 1.165) is 5.69 Å². The van der Waals surface area contributed by atoms with E-state index in [0.29, 0.717) is 17.9 Å². The van der Waals surface area contributed by atoms with E-state index in [2.05, 4.69) is 5.10 Å². The Morgan fingerprint density at radius 3 is 2.65 bits per heavy atom. The number of carbonyl (C=O) groups excluding carboxylic acids is 1. The first-order valence-corrected chi connectivity index (χ1v) is 6.76. The molecular weight excluding hydrogens is 252 g/mol. The second-order valence-corrected chi connectivity index (χ2v) is 4.89. The van der Waals surface area contributed by atoms with Gasteiger partial charge in [-0.1, -0.05) is 12.1 Å². The van der Waals surface area contributed by atoms with E-state index in [-0.39, 0.29) is 11.9 Å². The van der Waals surface area contributed by atoms with Crippen LogP contribution in [0, 0.1) is 0 Å². The molecule has 1 heterocycles. The molecule has 5 nitrogen and oxygen atoms in total. The zero-order chi connectivity index (χ0) is 14.7. The number of anilines is 1. The lowest BCUT2D eigenvalue weighted by molar-refractivity contribution is 0.0710. The lowest BCUT2D eigenvalue weighted by Gasteiger charge is -2.24. The maximum absolute atomic E-state index is 12.4. The first kappa shape index (κ1) is 14.1. The molecule has 0 saturated heterocycles. The van der Waals surface area contributed by atoms with Crippen LogP contribution in [0.2, 0.25) is 0 Å². The minimum absolute atomic E-state index is 0.0595. The molecule has 0 aliphatic carbocycles. The average Bonchev–Trinajstić information content (AvgIpc) is 2.89. The molecule has 1 aromatic heterocycles. The number of aromatic nitrogens is 2. The minimum atomic E-state index is -0.0595. The number of rotatable bonds is 4. The third-order valence-corrected chi connectivity index (χ3v) is 3.22. The molecule has 1 aromatic carbocycles. The van der Waals surface area contributed by atoms with Crippen molar-refractivity contribution in [2.45, 2.75) is 26.8 Å². The van der Waals surface area contributed by atoms with Crippen LogP contribution in [-0.4, -0.2) is 33.2 Å². The largest absolute Gasteiger partial charge is 0.397 e. The highest BCUT2D eigenvalue weighted by atomic mass is 16.2. The van der Waals surface area contributed by atoms with Crippen LogP contribution in [0.4, 0.5) is 5.69 Å². The van der Waals surface area contributed by atoms with Gasteiger partial charge in [0.05, 0.1) is 11.4 Å². The third kappa shape index (κ3) is 2.66. The summed E-state index contributed by atoms with van der Waals surface area (Å²) in [5.41, 5.74) is 7.76. The number of carbonyl (C=O) groups is 1. The van der Waals surface area contributed by atoms with E-state index in [1.54, 1.807) is 21.8 Å². The molecule has 0 bridgehead atoms. The molecule has 2 rings (SSSR count). The van der Waals surface area contributed by atoms with Gasteiger partial charge in [-0.3, -0.25) is 4.79 Å². The zero-order valence-corrected chi connectivity index (χ0v) is 12.1.